The summed E-state index contributed by atoms with van der Waals surface area (Å²) in [7, 11) is 0. The van der Waals surface area contributed by atoms with Gasteiger partial charge in [0.15, 0.2) is 0 Å². The number of hydrogen-bond donors (Lipinski definition) is 1. The third-order valence-electron chi connectivity index (χ3n) is 4.13. The van der Waals surface area contributed by atoms with Crippen LogP contribution >= 0.6 is 0 Å². The molecule has 0 atom stereocenters. The van der Waals surface area contributed by atoms with Gasteiger partial charge in [0.2, 0.25) is 0 Å². The maximum atomic E-state index is 12.1. The molecule has 1 aromatic heterocycles. The molecule has 1 aliphatic rings. The van der Waals surface area contributed by atoms with Gasteiger partial charge in [-0.2, -0.15) is 0 Å². The number of rotatable bonds is 6. The fourth-order valence-corrected chi connectivity index (χ4v) is 2.77. The lowest BCUT2D eigenvalue weighted by molar-refractivity contribution is 0.0342. The Hall–Kier alpha value is -2.51. The fraction of sp³-hybridized carbons (Fsp3) is 0.421. The van der Waals surface area contributed by atoms with Crippen molar-refractivity contribution in [3.05, 3.63) is 47.4 Å². The van der Waals surface area contributed by atoms with Gasteiger partial charge < -0.3 is 14.8 Å². The molecular formula is C19H24N4O3. The van der Waals surface area contributed by atoms with Gasteiger partial charge in [0.05, 0.1) is 19.8 Å². The molecule has 2 aromatic rings. The molecule has 138 valence electrons. The third kappa shape index (κ3) is 4.77. The van der Waals surface area contributed by atoms with E-state index >= 15 is 0 Å². The van der Waals surface area contributed by atoms with E-state index in [2.05, 4.69) is 32.3 Å². The highest BCUT2D eigenvalue weighted by molar-refractivity contribution is 5.95. The lowest BCUT2D eigenvalue weighted by atomic mass is 10.2. The van der Waals surface area contributed by atoms with Gasteiger partial charge in [-0.1, -0.05) is 12.1 Å². The summed E-state index contributed by atoms with van der Waals surface area (Å²) in [5, 5.41) is 3.20. The van der Waals surface area contributed by atoms with Crippen molar-refractivity contribution < 1.29 is 14.3 Å². The minimum absolute atomic E-state index is 0.308. The third-order valence-corrected chi connectivity index (χ3v) is 4.13. The van der Waals surface area contributed by atoms with Crippen molar-refractivity contribution in [2.45, 2.75) is 20.4 Å². The van der Waals surface area contributed by atoms with Gasteiger partial charge in [0.1, 0.15) is 17.2 Å². The van der Waals surface area contributed by atoms with E-state index in [1.165, 1.54) is 11.8 Å². The van der Waals surface area contributed by atoms with Crippen LogP contribution in [-0.4, -0.2) is 53.7 Å². The highest BCUT2D eigenvalue weighted by Crippen LogP contribution is 2.20. The molecule has 0 amide bonds. The average molecular weight is 356 g/mol. The molecule has 1 fully saturated rings. The van der Waals surface area contributed by atoms with E-state index in [9.17, 15) is 4.79 Å². The molecule has 1 aromatic carbocycles. The molecule has 7 nitrogen and oxygen atoms in total. The van der Waals surface area contributed by atoms with E-state index < -0.39 is 5.97 Å². The number of nitrogens with zero attached hydrogens (tertiary/aromatic N) is 3. The van der Waals surface area contributed by atoms with Gasteiger partial charge in [0, 0.05) is 31.5 Å². The smallest absolute Gasteiger partial charge is 0.343 e. The number of anilines is 2. The van der Waals surface area contributed by atoms with Crippen molar-refractivity contribution in [3.63, 3.8) is 0 Å². The second-order valence-corrected chi connectivity index (χ2v) is 6.11. The summed E-state index contributed by atoms with van der Waals surface area (Å²) < 4.78 is 10.5. The largest absolute Gasteiger partial charge is 0.462 e. The number of ether oxygens (including phenoxy) is 2. The lowest BCUT2D eigenvalue weighted by Crippen LogP contribution is -2.35. The zero-order valence-electron chi connectivity index (χ0n) is 15.2. The molecule has 1 saturated heterocycles. The fourth-order valence-electron chi connectivity index (χ4n) is 2.77. The van der Waals surface area contributed by atoms with Crippen LogP contribution in [-0.2, 0) is 16.0 Å². The van der Waals surface area contributed by atoms with Crippen LogP contribution in [0.3, 0.4) is 0 Å². The van der Waals surface area contributed by atoms with Gasteiger partial charge in [0.25, 0.3) is 0 Å². The molecule has 26 heavy (non-hydrogen) atoms. The Morgan fingerprint density at radius 3 is 2.69 bits per heavy atom. The van der Waals surface area contributed by atoms with Crippen LogP contribution in [0.25, 0.3) is 0 Å². The van der Waals surface area contributed by atoms with E-state index in [1.807, 2.05) is 12.1 Å². The van der Waals surface area contributed by atoms with E-state index in [0.29, 0.717) is 23.8 Å². The van der Waals surface area contributed by atoms with Gasteiger partial charge in [-0.3, -0.25) is 4.90 Å². The summed E-state index contributed by atoms with van der Waals surface area (Å²) in [5.41, 5.74) is 2.43. The molecule has 0 radical (unpaired) electrons. The quantitative estimate of drug-likeness (QED) is 0.797. The lowest BCUT2D eigenvalue weighted by Gasteiger charge is -2.26. The Balaban J connectivity index is 1.70. The number of aryl methyl sites for hydroxylation is 1. The van der Waals surface area contributed by atoms with Gasteiger partial charge in [-0.05, 0) is 31.5 Å². The molecule has 0 saturated carbocycles. The Morgan fingerprint density at radius 2 is 2.00 bits per heavy atom. The van der Waals surface area contributed by atoms with Crippen molar-refractivity contribution >= 4 is 17.5 Å². The van der Waals surface area contributed by atoms with Crippen molar-refractivity contribution in [3.8, 4) is 0 Å². The first-order valence-corrected chi connectivity index (χ1v) is 8.82. The Morgan fingerprint density at radius 1 is 1.27 bits per heavy atom. The first kappa shape index (κ1) is 18.3. The van der Waals surface area contributed by atoms with Crippen LogP contribution in [0.5, 0.6) is 0 Å². The summed E-state index contributed by atoms with van der Waals surface area (Å²) in [6, 6.07) is 8.13. The molecule has 0 unspecified atom stereocenters. The van der Waals surface area contributed by atoms with Crippen LogP contribution in [0.2, 0.25) is 0 Å². The number of morpholine rings is 1. The SMILES string of the molecule is CCOC(=O)c1cnc(C)nc1Nc1ccc(CN2CCOCC2)cc1. The minimum Gasteiger partial charge on any atom is -0.462 e. The van der Waals surface area contributed by atoms with Crippen LogP contribution in [0.1, 0.15) is 28.7 Å². The standard InChI is InChI=1S/C19H24N4O3/c1-3-26-19(24)17-12-20-14(2)21-18(17)22-16-6-4-15(5-7-16)13-23-8-10-25-11-9-23/h4-7,12H,3,8-11,13H2,1-2H3,(H,20,21,22). The molecule has 3 rings (SSSR count). The van der Waals surface area contributed by atoms with E-state index in [4.69, 9.17) is 9.47 Å². The van der Waals surface area contributed by atoms with Crippen molar-refractivity contribution in [1.82, 2.24) is 14.9 Å². The molecule has 1 N–H and O–H groups in total. The molecule has 0 spiro atoms. The number of benzene rings is 1. The molecule has 0 bridgehead atoms. The second-order valence-electron chi connectivity index (χ2n) is 6.11. The Kier molecular flexibility index (Phi) is 6.14. The monoisotopic (exact) mass is 356 g/mol. The van der Waals surface area contributed by atoms with Crippen LogP contribution in [0.4, 0.5) is 11.5 Å². The summed E-state index contributed by atoms with van der Waals surface area (Å²) in [4.78, 5) is 22.9. The summed E-state index contributed by atoms with van der Waals surface area (Å²) in [6.07, 6.45) is 1.50. The average Bonchev–Trinajstić information content (AvgIpc) is 2.64. The van der Waals surface area contributed by atoms with Crippen LogP contribution in [0.15, 0.2) is 30.5 Å². The summed E-state index contributed by atoms with van der Waals surface area (Å²) in [6.45, 7) is 8.28. The maximum absolute atomic E-state index is 12.1. The number of nitrogens with one attached hydrogen (secondary N) is 1. The molecule has 7 heteroatoms. The normalized spacial score (nSPS) is 14.8. The number of carbonyl (C=O) groups excluding carboxylic acids is 1. The predicted octanol–water partition coefficient (Wildman–Crippen LogP) is 2.54. The summed E-state index contributed by atoms with van der Waals surface area (Å²) in [5.74, 6) is 0.611. The Bertz CT molecular complexity index is 743. The topological polar surface area (TPSA) is 76.6 Å². The zero-order valence-corrected chi connectivity index (χ0v) is 15.2. The van der Waals surface area contributed by atoms with Gasteiger partial charge in [-0.15, -0.1) is 0 Å². The highest BCUT2D eigenvalue weighted by atomic mass is 16.5. The number of aromatic nitrogens is 2. The summed E-state index contributed by atoms with van der Waals surface area (Å²) >= 11 is 0. The molecule has 0 aliphatic carbocycles. The van der Waals surface area contributed by atoms with E-state index in [-0.39, 0.29) is 0 Å². The maximum Gasteiger partial charge on any atom is 0.343 e. The van der Waals surface area contributed by atoms with Crippen molar-refractivity contribution in [2.75, 3.05) is 38.2 Å². The first-order chi connectivity index (χ1) is 12.7. The van der Waals surface area contributed by atoms with Gasteiger partial charge >= 0.3 is 5.97 Å². The zero-order chi connectivity index (χ0) is 18.4. The number of esters is 1. The number of carbonyl (C=O) groups is 1. The highest BCUT2D eigenvalue weighted by Gasteiger charge is 2.15. The predicted molar refractivity (Wildman–Crippen MR) is 98.5 cm³/mol. The van der Waals surface area contributed by atoms with Crippen LogP contribution < -0.4 is 5.32 Å². The minimum atomic E-state index is -0.432. The Labute approximate surface area is 153 Å². The first-order valence-electron chi connectivity index (χ1n) is 8.82. The van der Waals surface area contributed by atoms with E-state index in [1.54, 1.807) is 13.8 Å². The molecular weight excluding hydrogens is 332 g/mol. The molecule has 1 aliphatic heterocycles. The van der Waals surface area contributed by atoms with Crippen LogP contribution in [0, 0.1) is 6.92 Å². The van der Waals surface area contributed by atoms with Gasteiger partial charge in [-0.25, -0.2) is 14.8 Å². The second kappa shape index (κ2) is 8.73. The van der Waals surface area contributed by atoms with Crippen molar-refractivity contribution in [1.29, 1.82) is 0 Å². The van der Waals surface area contributed by atoms with Crippen molar-refractivity contribution in [2.24, 2.45) is 0 Å². The number of hydrogen-bond acceptors (Lipinski definition) is 7. The van der Waals surface area contributed by atoms with E-state index in [0.717, 1.165) is 38.5 Å². The molecule has 2 heterocycles.